The van der Waals surface area contributed by atoms with Crippen LogP contribution in [0.2, 0.25) is 0 Å². The summed E-state index contributed by atoms with van der Waals surface area (Å²) >= 11 is 0. The Morgan fingerprint density at radius 3 is 2.62 bits per heavy atom. The Morgan fingerprint density at radius 1 is 1.21 bits per heavy atom. The summed E-state index contributed by atoms with van der Waals surface area (Å²) in [6.45, 7) is 2.49. The summed E-state index contributed by atoms with van der Waals surface area (Å²) in [5.41, 5.74) is 0.575. The number of carboxylic acids is 1. The van der Waals surface area contributed by atoms with Crippen molar-refractivity contribution >= 4 is 11.9 Å². The summed E-state index contributed by atoms with van der Waals surface area (Å²) in [5, 5.41) is 9.56. The quantitative estimate of drug-likeness (QED) is 0.914. The van der Waals surface area contributed by atoms with Gasteiger partial charge in [-0.25, -0.2) is 9.18 Å². The van der Waals surface area contributed by atoms with Gasteiger partial charge in [0.1, 0.15) is 11.9 Å². The first-order chi connectivity index (χ1) is 11.5. The summed E-state index contributed by atoms with van der Waals surface area (Å²) < 4.78 is 13.3. The average Bonchev–Trinajstić information content (AvgIpc) is 3.08. The lowest BCUT2D eigenvalue weighted by Gasteiger charge is -2.40. The summed E-state index contributed by atoms with van der Waals surface area (Å²) in [4.78, 5) is 28.0. The van der Waals surface area contributed by atoms with Crippen molar-refractivity contribution in [3.63, 3.8) is 0 Å². The first-order valence-electron chi connectivity index (χ1n) is 8.55. The van der Waals surface area contributed by atoms with Gasteiger partial charge in [-0.05, 0) is 56.5 Å². The zero-order chi connectivity index (χ0) is 17.1. The fourth-order valence-corrected chi connectivity index (χ4v) is 3.84. The van der Waals surface area contributed by atoms with E-state index in [1.807, 2.05) is 0 Å². The maximum absolute atomic E-state index is 13.3. The second-order valence-corrected chi connectivity index (χ2v) is 6.67. The highest BCUT2D eigenvalue weighted by Crippen LogP contribution is 2.26. The Hall–Kier alpha value is -1.95. The van der Waals surface area contributed by atoms with Crippen molar-refractivity contribution in [2.24, 2.45) is 0 Å². The van der Waals surface area contributed by atoms with Gasteiger partial charge in [0.15, 0.2) is 0 Å². The van der Waals surface area contributed by atoms with Crippen LogP contribution in [0.5, 0.6) is 0 Å². The van der Waals surface area contributed by atoms with Gasteiger partial charge in [0.25, 0.3) is 0 Å². The molecule has 0 aromatic heterocycles. The molecule has 0 bridgehead atoms. The molecule has 0 radical (unpaired) electrons. The number of aliphatic carboxylic acids is 1. The molecule has 130 valence electrons. The van der Waals surface area contributed by atoms with Crippen LogP contribution in [0.25, 0.3) is 0 Å². The molecular weight excluding hydrogens is 311 g/mol. The van der Waals surface area contributed by atoms with Gasteiger partial charge >= 0.3 is 5.97 Å². The van der Waals surface area contributed by atoms with Gasteiger partial charge < -0.3 is 14.9 Å². The molecule has 24 heavy (non-hydrogen) atoms. The molecule has 1 aromatic carbocycles. The van der Waals surface area contributed by atoms with Crippen molar-refractivity contribution < 1.29 is 19.1 Å². The molecule has 0 saturated carbocycles. The van der Waals surface area contributed by atoms with Crippen LogP contribution in [-0.4, -0.2) is 58.5 Å². The molecule has 2 fully saturated rings. The molecule has 3 rings (SSSR count). The summed E-state index contributed by atoms with van der Waals surface area (Å²) in [7, 11) is 0. The van der Waals surface area contributed by atoms with Crippen LogP contribution in [0, 0.1) is 5.82 Å². The van der Waals surface area contributed by atoms with Gasteiger partial charge in [0.05, 0.1) is 6.42 Å². The third-order valence-electron chi connectivity index (χ3n) is 5.08. The highest BCUT2D eigenvalue weighted by molar-refractivity contribution is 5.85. The van der Waals surface area contributed by atoms with Gasteiger partial charge in [-0.3, -0.25) is 4.79 Å². The average molecular weight is 334 g/mol. The Kier molecular flexibility index (Phi) is 5.14. The molecule has 1 amide bonds. The number of benzene rings is 1. The second kappa shape index (κ2) is 7.30. The molecular formula is C18H23FN2O3. The zero-order valence-electron chi connectivity index (χ0n) is 13.7. The van der Waals surface area contributed by atoms with Crippen molar-refractivity contribution in [3.05, 3.63) is 35.6 Å². The number of carbonyl (C=O) groups is 2. The molecule has 2 saturated heterocycles. The van der Waals surface area contributed by atoms with E-state index in [0.717, 1.165) is 32.4 Å². The molecule has 1 aromatic rings. The molecule has 1 N–H and O–H groups in total. The van der Waals surface area contributed by atoms with Crippen molar-refractivity contribution in [1.29, 1.82) is 0 Å². The van der Waals surface area contributed by atoms with Gasteiger partial charge in [0, 0.05) is 12.6 Å². The topological polar surface area (TPSA) is 60.9 Å². The molecule has 2 aliphatic rings. The highest BCUT2D eigenvalue weighted by atomic mass is 19.1. The van der Waals surface area contributed by atoms with Crippen molar-refractivity contribution in [3.8, 4) is 0 Å². The lowest BCUT2D eigenvalue weighted by Crippen LogP contribution is -2.54. The monoisotopic (exact) mass is 334 g/mol. The molecule has 0 aliphatic carbocycles. The SMILES string of the molecule is O=C(O)[C@@H]1C[C@H](N2CCCC2)CCN1C(=O)Cc1cccc(F)c1. The Labute approximate surface area is 141 Å². The number of likely N-dealkylation sites (tertiary alicyclic amines) is 2. The highest BCUT2D eigenvalue weighted by Gasteiger charge is 2.38. The van der Waals surface area contributed by atoms with E-state index in [-0.39, 0.29) is 24.2 Å². The fraction of sp³-hybridized carbons (Fsp3) is 0.556. The fourth-order valence-electron chi connectivity index (χ4n) is 3.84. The largest absolute Gasteiger partial charge is 0.480 e. The second-order valence-electron chi connectivity index (χ2n) is 6.67. The summed E-state index contributed by atoms with van der Waals surface area (Å²) in [6.07, 6.45) is 3.64. The van der Waals surface area contributed by atoms with Gasteiger partial charge in [-0.15, -0.1) is 0 Å². The van der Waals surface area contributed by atoms with Crippen LogP contribution in [0.3, 0.4) is 0 Å². The van der Waals surface area contributed by atoms with Crippen LogP contribution in [-0.2, 0) is 16.0 Å². The maximum Gasteiger partial charge on any atom is 0.326 e. The maximum atomic E-state index is 13.3. The normalized spacial score (nSPS) is 25.0. The predicted octanol–water partition coefficient (Wildman–Crippen LogP) is 1.91. The first kappa shape index (κ1) is 16.9. The van der Waals surface area contributed by atoms with Crippen LogP contribution >= 0.6 is 0 Å². The van der Waals surface area contributed by atoms with Gasteiger partial charge in [0.2, 0.25) is 5.91 Å². The van der Waals surface area contributed by atoms with E-state index < -0.39 is 12.0 Å². The Balaban J connectivity index is 1.67. The number of rotatable bonds is 4. The van der Waals surface area contributed by atoms with Crippen LogP contribution in [0.15, 0.2) is 24.3 Å². The van der Waals surface area contributed by atoms with Crippen LogP contribution in [0.4, 0.5) is 4.39 Å². The van der Waals surface area contributed by atoms with Crippen molar-refractivity contribution in [2.75, 3.05) is 19.6 Å². The number of carbonyl (C=O) groups excluding carboxylic acids is 1. The lowest BCUT2D eigenvalue weighted by molar-refractivity contribution is -0.153. The smallest absolute Gasteiger partial charge is 0.326 e. The summed E-state index contributed by atoms with van der Waals surface area (Å²) in [6, 6.07) is 5.36. The third kappa shape index (κ3) is 3.75. The molecule has 0 spiro atoms. The number of nitrogens with zero attached hydrogens (tertiary/aromatic N) is 2. The minimum absolute atomic E-state index is 0.0376. The Morgan fingerprint density at radius 2 is 1.96 bits per heavy atom. The van der Waals surface area contributed by atoms with E-state index >= 15 is 0 Å². The van der Waals surface area contributed by atoms with E-state index in [1.54, 1.807) is 12.1 Å². The zero-order valence-corrected chi connectivity index (χ0v) is 13.7. The number of amides is 1. The van der Waals surface area contributed by atoms with E-state index in [1.165, 1.54) is 17.0 Å². The van der Waals surface area contributed by atoms with Crippen LogP contribution < -0.4 is 0 Å². The van der Waals surface area contributed by atoms with Crippen molar-refractivity contribution in [2.45, 2.75) is 44.2 Å². The van der Waals surface area contributed by atoms with E-state index in [4.69, 9.17) is 0 Å². The minimum Gasteiger partial charge on any atom is -0.480 e. The lowest BCUT2D eigenvalue weighted by atomic mass is 9.95. The summed E-state index contributed by atoms with van der Waals surface area (Å²) in [5.74, 6) is -1.58. The number of hydrogen-bond acceptors (Lipinski definition) is 3. The molecule has 0 unspecified atom stereocenters. The van der Waals surface area contributed by atoms with E-state index in [2.05, 4.69) is 4.90 Å². The molecule has 2 atom stereocenters. The van der Waals surface area contributed by atoms with Crippen LogP contribution in [0.1, 0.15) is 31.2 Å². The third-order valence-corrected chi connectivity index (χ3v) is 5.08. The molecule has 2 heterocycles. The number of piperidine rings is 1. The van der Waals surface area contributed by atoms with E-state index in [9.17, 15) is 19.1 Å². The first-order valence-corrected chi connectivity index (χ1v) is 8.55. The van der Waals surface area contributed by atoms with Gasteiger partial charge in [-0.2, -0.15) is 0 Å². The number of carboxylic acid groups (broad SMARTS) is 1. The van der Waals surface area contributed by atoms with Gasteiger partial charge in [-0.1, -0.05) is 12.1 Å². The van der Waals surface area contributed by atoms with E-state index in [0.29, 0.717) is 18.5 Å². The standard InChI is InChI=1S/C18H23FN2O3/c19-14-5-3-4-13(10-14)11-17(22)21-9-6-15(12-16(21)18(23)24)20-7-1-2-8-20/h3-5,10,15-16H,1-2,6-9,11-12H2,(H,23,24)/t15-,16+/m1/s1. The minimum atomic E-state index is -0.952. The number of hydrogen-bond donors (Lipinski definition) is 1. The Bertz CT molecular complexity index is 616. The molecule has 6 heteroatoms. The number of halogens is 1. The molecule has 2 aliphatic heterocycles. The van der Waals surface area contributed by atoms with Crippen molar-refractivity contribution in [1.82, 2.24) is 9.80 Å². The molecule has 5 nitrogen and oxygen atoms in total. The predicted molar refractivity (Wildman–Crippen MR) is 87.1 cm³/mol.